The fourth-order valence-electron chi connectivity index (χ4n) is 2.95. The molecule has 1 atom stereocenters. The molecule has 0 N–H and O–H groups in total. The molecule has 0 aromatic heterocycles. The zero-order valence-corrected chi connectivity index (χ0v) is 13.8. The molecule has 1 amide bonds. The van der Waals surface area contributed by atoms with E-state index in [4.69, 9.17) is 4.74 Å². The Labute approximate surface area is 136 Å². The Morgan fingerprint density at radius 2 is 1.96 bits per heavy atom. The van der Waals surface area contributed by atoms with Crippen molar-refractivity contribution < 1.29 is 14.3 Å². The Hall–Kier alpha value is -2.35. The topological polar surface area (TPSA) is 70.4 Å². The minimum Gasteiger partial charge on any atom is -0.444 e. The molecular weight excluding hydrogens is 292 g/mol. The molecule has 122 valence electrons. The van der Waals surface area contributed by atoms with Crippen molar-refractivity contribution in [1.82, 2.24) is 4.90 Å². The smallest absolute Gasteiger partial charge is 0.411 e. The van der Waals surface area contributed by atoms with Crippen LogP contribution < -0.4 is 0 Å². The molecule has 1 aromatic carbocycles. The molecule has 5 nitrogen and oxygen atoms in total. The highest BCUT2D eigenvalue weighted by Gasteiger charge is 2.50. The lowest BCUT2D eigenvalue weighted by Gasteiger charge is -2.36. The molecule has 1 unspecified atom stereocenters. The lowest BCUT2D eigenvalue weighted by molar-refractivity contribution is 0.00936. The van der Waals surface area contributed by atoms with E-state index in [0.717, 1.165) is 0 Å². The van der Waals surface area contributed by atoms with Crippen LogP contribution in [0.2, 0.25) is 0 Å². The van der Waals surface area contributed by atoms with Crippen LogP contribution in [-0.4, -0.2) is 34.5 Å². The maximum atomic E-state index is 13.0. The van der Waals surface area contributed by atoms with E-state index < -0.39 is 17.2 Å². The largest absolute Gasteiger partial charge is 0.444 e. The summed E-state index contributed by atoms with van der Waals surface area (Å²) >= 11 is 0. The van der Waals surface area contributed by atoms with Crippen LogP contribution in [0.4, 0.5) is 4.79 Å². The second kappa shape index (κ2) is 6.41. The van der Waals surface area contributed by atoms with Crippen molar-refractivity contribution in [2.45, 2.75) is 51.2 Å². The van der Waals surface area contributed by atoms with Crippen LogP contribution in [0.3, 0.4) is 0 Å². The number of ketones is 1. The molecule has 0 spiro atoms. The fourth-order valence-corrected chi connectivity index (χ4v) is 2.95. The fraction of sp³-hybridized carbons (Fsp3) is 0.500. The van der Waals surface area contributed by atoms with Crippen LogP contribution in [0.5, 0.6) is 0 Å². The standard InChI is InChI=1S/C18H22N2O3/c1-17(2,3)23-16(22)20-13-7-10-18(20,11-12-19)15(21)14-8-5-4-6-9-14/h4-6,8-9H,7,10-11,13H2,1-3H3. The first-order valence-corrected chi connectivity index (χ1v) is 7.77. The van der Waals surface area contributed by atoms with Gasteiger partial charge in [-0.25, -0.2) is 4.79 Å². The van der Waals surface area contributed by atoms with Gasteiger partial charge in [0.15, 0.2) is 5.78 Å². The van der Waals surface area contributed by atoms with Gasteiger partial charge in [0.1, 0.15) is 11.1 Å². The maximum absolute atomic E-state index is 13.0. The molecule has 0 bridgehead atoms. The van der Waals surface area contributed by atoms with Crippen LogP contribution in [0, 0.1) is 11.3 Å². The Balaban J connectivity index is 2.37. The highest BCUT2D eigenvalue weighted by molar-refractivity contribution is 6.05. The normalized spacial score (nSPS) is 20.9. The van der Waals surface area contributed by atoms with Gasteiger partial charge in [0, 0.05) is 12.1 Å². The number of likely N-dealkylation sites (tertiary alicyclic amines) is 1. The van der Waals surface area contributed by atoms with E-state index in [0.29, 0.717) is 24.9 Å². The number of Topliss-reactive ketones (excluding diaryl/α,β-unsaturated/α-hetero) is 1. The first kappa shape index (κ1) is 17.0. The molecule has 0 aliphatic carbocycles. The van der Waals surface area contributed by atoms with Crippen LogP contribution in [0.1, 0.15) is 50.4 Å². The summed E-state index contributed by atoms with van der Waals surface area (Å²) in [6.07, 6.45) is 0.599. The van der Waals surface area contributed by atoms with Crippen LogP contribution in [0.15, 0.2) is 30.3 Å². The summed E-state index contributed by atoms with van der Waals surface area (Å²) in [5, 5.41) is 9.24. The van der Waals surface area contributed by atoms with Gasteiger partial charge in [-0.2, -0.15) is 5.26 Å². The lowest BCUT2D eigenvalue weighted by Crippen LogP contribution is -2.54. The third-order valence-electron chi connectivity index (χ3n) is 3.93. The summed E-state index contributed by atoms with van der Waals surface area (Å²) in [5.74, 6) is -0.192. The molecule has 2 rings (SSSR count). The number of nitriles is 1. The van der Waals surface area contributed by atoms with Gasteiger partial charge in [0.25, 0.3) is 0 Å². The molecule has 0 radical (unpaired) electrons. The summed E-state index contributed by atoms with van der Waals surface area (Å²) in [6, 6.07) is 10.9. The van der Waals surface area contributed by atoms with E-state index in [1.165, 1.54) is 4.90 Å². The van der Waals surface area contributed by atoms with Gasteiger partial charge in [0.05, 0.1) is 12.5 Å². The van der Waals surface area contributed by atoms with Crippen molar-refractivity contribution in [2.75, 3.05) is 6.54 Å². The molecule has 1 aliphatic heterocycles. The third-order valence-corrected chi connectivity index (χ3v) is 3.93. The number of hydrogen-bond donors (Lipinski definition) is 0. The molecule has 23 heavy (non-hydrogen) atoms. The number of carbonyl (C=O) groups excluding carboxylic acids is 2. The van der Waals surface area contributed by atoms with Gasteiger partial charge >= 0.3 is 6.09 Å². The molecule has 1 aromatic rings. The van der Waals surface area contributed by atoms with E-state index in [1.807, 2.05) is 6.07 Å². The van der Waals surface area contributed by atoms with Crippen LogP contribution >= 0.6 is 0 Å². The summed E-state index contributed by atoms with van der Waals surface area (Å²) in [4.78, 5) is 27.0. The number of amides is 1. The molecule has 1 saturated heterocycles. The van der Waals surface area contributed by atoms with Gasteiger partial charge in [-0.15, -0.1) is 0 Å². The van der Waals surface area contributed by atoms with Crippen molar-refractivity contribution in [3.05, 3.63) is 35.9 Å². The number of rotatable bonds is 3. The molecular formula is C18H22N2O3. The SMILES string of the molecule is CC(C)(C)OC(=O)N1CCCC1(CC#N)C(=O)c1ccccc1. The summed E-state index contributed by atoms with van der Waals surface area (Å²) in [7, 11) is 0. The quantitative estimate of drug-likeness (QED) is 0.800. The molecule has 1 aliphatic rings. The average molecular weight is 314 g/mol. The Morgan fingerprint density at radius 3 is 2.52 bits per heavy atom. The Bertz CT molecular complexity index is 628. The van der Waals surface area contributed by atoms with Gasteiger partial charge in [-0.05, 0) is 33.6 Å². The Kier molecular flexibility index (Phi) is 4.74. The number of nitrogens with zero attached hydrogens (tertiary/aromatic N) is 2. The lowest BCUT2D eigenvalue weighted by atomic mass is 9.84. The number of ether oxygens (including phenoxy) is 1. The van der Waals surface area contributed by atoms with Crippen LogP contribution in [-0.2, 0) is 4.74 Å². The van der Waals surface area contributed by atoms with Gasteiger partial charge in [-0.3, -0.25) is 9.69 Å². The van der Waals surface area contributed by atoms with Crippen LogP contribution in [0.25, 0.3) is 0 Å². The average Bonchev–Trinajstić information content (AvgIpc) is 2.91. The highest BCUT2D eigenvalue weighted by atomic mass is 16.6. The summed E-state index contributed by atoms with van der Waals surface area (Å²) in [5.41, 5.74) is -1.26. The first-order valence-electron chi connectivity index (χ1n) is 7.77. The molecule has 0 saturated carbocycles. The van der Waals surface area contributed by atoms with Gasteiger partial charge in [0.2, 0.25) is 0 Å². The van der Waals surface area contributed by atoms with E-state index in [2.05, 4.69) is 6.07 Å². The molecule has 1 heterocycles. The van der Waals surface area contributed by atoms with Crippen molar-refractivity contribution >= 4 is 11.9 Å². The van der Waals surface area contributed by atoms with E-state index in [-0.39, 0.29) is 12.2 Å². The van der Waals surface area contributed by atoms with Crippen molar-refractivity contribution in [3.8, 4) is 6.07 Å². The predicted molar refractivity (Wildman–Crippen MR) is 85.9 cm³/mol. The minimum absolute atomic E-state index is 0.0278. The zero-order chi connectivity index (χ0) is 17.1. The molecule has 1 fully saturated rings. The predicted octanol–water partition coefficient (Wildman–Crippen LogP) is 3.55. The van der Waals surface area contributed by atoms with Gasteiger partial charge in [-0.1, -0.05) is 30.3 Å². The number of hydrogen-bond acceptors (Lipinski definition) is 4. The Morgan fingerprint density at radius 1 is 1.30 bits per heavy atom. The van der Waals surface area contributed by atoms with Crippen molar-refractivity contribution in [3.63, 3.8) is 0 Å². The van der Waals surface area contributed by atoms with Gasteiger partial charge < -0.3 is 4.74 Å². The number of benzene rings is 1. The minimum atomic E-state index is -1.13. The van der Waals surface area contributed by atoms with Crippen molar-refractivity contribution in [2.24, 2.45) is 0 Å². The van der Waals surface area contributed by atoms with E-state index in [9.17, 15) is 14.9 Å². The second-order valence-electron chi connectivity index (χ2n) is 6.80. The highest BCUT2D eigenvalue weighted by Crippen LogP contribution is 2.36. The van der Waals surface area contributed by atoms with Crippen molar-refractivity contribution in [1.29, 1.82) is 5.26 Å². The second-order valence-corrected chi connectivity index (χ2v) is 6.80. The summed E-state index contributed by atoms with van der Waals surface area (Å²) < 4.78 is 5.43. The molecule has 5 heteroatoms. The monoisotopic (exact) mass is 314 g/mol. The van der Waals surface area contributed by atoms with E-state index >= 15 is 0 Å². The third kappa shape index (κ3) is 3.53. The first-order chi connectivity index (χ1) is 10.8. The summed E-state index contributed by atoms with van der Waals surface area (Å²) in [6.45, 7) is 5.78. The number of carbonyl (C=O) groups is 2. The zero-order valence-electron chi connectivity index (χ0n) is 13.8. The maximum Gasteiger partial charge on any atom is 0.411 e. The van der Waals surface area contributed by atoms with E-state index in [1.54, 1.807) is 45.0 Å².